The zero-order valence-electron chi connectivity index (χ0n) is 10.1. The Morgan fingerprint density at radius 1 is 1.65 bits per heavy atom. The van der Waals surface area contributed by atoms with E-state index < -0.39 is 0 Å². The average molecular weight is 286 g/mol. The van der Waals surface area contributed by atoms with Crippen LogP contribution in [0.4, 0.5) is 0 Å². The van der Waals surface area contributed by atoms with Crippen molar-refractivity contribution in [1.29, 1.82) is 0 Å². The predicted molar refractivity (Wildman–Crippen MR) is 82.5 cm³/mol. The second kappa shape index (κ2) is 6.88. The molecule has 1 N–H and O–H groups in total. The smallest absolute Gasteiger partial charge is 0.0649 e. The first-order valence-electron chi connectivity index (χ1n) is 5.97. The lowest BCUT2D eigenvalue weighted by Crippen LogP contribution is -2.28. The number of hydrogen-bond acceptors (Lipinski definition) is 4. The fraction of sp³-hybridized carbons (Fsp3) is 0.538. The fourth-order valence-electron chi connectivity index (χ4n) is 2.01. The van der Waals surface area contributed by atoms with Crippen LogP contribution >= 0.6 is 34.9 Å². The van der Waals surface area contributed by atoms with Gasteiger partial charge in [0.15, 0.2) is 0 Å². The molecule has 2 rings (SSSR count). The van der Waals surface area contributed by atoms with E-state index in [0.717, 1.165) is 17.5 Å². The summed E-state index contributed by atoms with van der Waals surface area (Å²) in [7, 11) is 0. The minimum Gasteiger partial charge on any atom is -0.309 e. The molecule has 0 saturated carbocycles. The summed E-state index contributed by atoms with van der Waals surface area (Å²) in [5.41, 5.74) is 1.52. The Kier molecular flexibility index (Phi) is 5.48. The first-order chi connectivity index (χ1) is 8.31. The molecule has 0 aromatic carbocycles. The van der Waals surface area contributed by atoms with E-state index in [2.05, 4.69) is 30.3 Å². The molecule has 0 fully saturated rings. The molecule has 1 aliphatic rings. The SMILES string of the molecule is C=CCSCCNC1C[C@H](C)Sc2sccc21. The van der Waals surface area contributed by atoms with Crippen molar-refractivity contribution < 1.29 is 0 Å². The van der Waals surface area contributed by atoms with E-state index in [9.17, 15) is 0 Å². The van der Waals surface area contributed by atoms with Crippen LogP contribution in [0.25, 0.3) is 0 Å². The van der Waals surface area contributed by atoms with Gasteiger partial charge in [0, 0.05) is 29.3 Å². The highest BCUT2D eigenvalue weighted by atomic mass is 32.2. The molecule has 1 aromatic heterocycles. The largest absolute Gasteiger partial charge is 0.309 e. The van der Waals surface area contributed by atoms with Gasteiger partial charge >= 0.3 is 0 Å². The minimum absolute atomic E-state index is 0.567. The summed E-state index contributed by atoms with van der Waals surface area (Å²) >= 11 is 5.86. The summed E-state index contributed by atoms with van der Waals surface area (Å²) in [6.07, 6.45) is 3.22. The first kappa shape index (κ1) is 13.5. The molecule has 0 aliphatic carbocycles. The Hall–Kier alpha value is 0.100. The Morgan fingerprint density at radius 3 is 3.35 bits per heavy atom. The van der Waals surface area contributed by atoms with Gasteiger partial charge in [0.1, 0.15) is 0 Å². The topological polar surface area (TPSA) is 12.0 Å². The molecule has 1 aromatic rings. The summed E-state index contributed by atoms with van der Waals surface area (Å²) in [4.78, 5) is 0. The third kappa shape index (κ3) is 3.78. The summed E-state index contributed by atoms with van der Waals surface area (Å²) in [6, 6.07) is 2.85. The van der Waals surface area contributed by atoms with Crippen molar-refractivity contribution in [3.8, 4) is 0 Å². The van der Waals surface area contributed by atoms with Crippen molar-refractivity contribution in [2.45, 2.75) is 28.8 Å². The van der Waals surface area contributed by atoms with Gasteiger partial charge in [-0.15, -0.1) is 29.7 Å². The number of rotatable bonds is 6. The summed E-state index contributed by atoms with van der Waals surface area (Å²) < 4.78 is 1.51. The Labute approximate surface area is 116 Å². The van der Waals surface area contributed by atoms with Crippen LogP contribution in [0.1, 0.15) is 24.9 Å². The quantitative estimate of drug-likeness (QED) is 0.622. The predicted octanol–water partition coefficient (Wildman–Crippen LogP) is 4.18. The first-order valence-corrected chi connectivity index (χ1v) is 8.88. The van der Waals surface area contributed by atoms with Gasteiger partial charge in [0.25, 0.3) is 0 Å². The van der Waals surface area contributed by atoms with Gasteiger partial charge in [-0.05, 0) is 23.4 Å². The van der Waals surface area contributed by atoms with Gasteiger partial charge < -0.3 is 5.32 Å². The van der Waals surface area contributed by atoms with Crippen LogP contribution in [0.3, 0.4) is 0 Å². The van der Waals surface area contributed by atoms with Gasteiger partial charge in [-0.1, -0.05) is 13.0 Å². The van der Waals surface area contributed by atoms with Crippen molar-refractivity contribution in [2.24, 2.45) is 0 Å². The van der Waals surface area contributed by atoms with E-state index in [1.54, 1.807) is 0 Å². The molecule has 94 valence electrons. The fourth-order valence-corrected chi connectivity index (χ4v) is 5.18. The summed E-state index contributed by atoms with van der Waals surface area (Å²) in [6.45, 7) is 7.16. The van der Waals surface area contributed by atoms with Crippen molar-refractivity contribution in [2.75, 3.05) is 18.1 Å². The van der Waals surface area contributed by atoms with Crippen LogP contribution < -0.4 is 5.32 Å². The molecule has 17 heavy (non-hydrogen) atoms. The molecule has 2 atom stereocenters. The molecule has 1 nitrogen and oxygen atoms in total. The Bertz CT molecular complexity index is 361. The second-order valence-electron chi connectivity index (χ2n) is 4.20. The summed E-state index contributed by atoms with van der Waals surface area (Å²) in [5, 5.41) is 6.65. The zero-order valence-corrected chi connectivity index (χ0v) is 12.6. The second-order valence-corrected chi connectivity index (χ2v) is 7.97. The molecular formula is C13H19NS3. The van der Waals surface area contributed by atoms with Gasteiger partial charge in [0.2, 0.25) is 0 Å². The van der Waals surface area contributed by atoms with E-state index in [1.807, 2.05) is 40.9 Å². The van der Waals surface area contributed by atoms with Gasteiger partial charge in [-0.2, -0.15) is 11.8 Å². The lowest BCUT2D eigenvalue weighted by Gasteiger charge is -2.27. The van der Waals surface area contributed by atoms with Crippen LogP contribution in [0, 0.1) is 0 Å². The molecule has 0 spiro atoms. The van der Waals surface area contributed by atoms with E-state index in [0.29, 0.717) is 6.04 Å². The third-order valence-corrected chi connectivity index (χ3v) is 6.09. The van der Waals surface area contributed by atoms with Crippen LogP contribution in [-0.4, -0.2) is 23.3 Å². The lowest BCUT2D eigenvalue weighted by molar-refractivity contribution is 0.505. The van der Waals surface area contributed by atoms with Crippen LogP contribution in [0.2, 0.25) is 0 Å². The molecule has 4 heteroatoms. The van der Waals surface area contributed by atoms with E-state index in [1.165, 1.54) is 21.9 Å². The molecule has 0 bridgehead atoms. The van der Waals surface area contributed by atoms with Crippen LogP contribution in [0.15, 0.2) is 28.3 Å². The molecular weight excluding hydrogens is 266 g/mol. The van der Waals surface area contributed by atoms with Crippen LogP contribution in [0.5, 0.6) is 0 Å². The molecule has 2 heterocycles. The normalized spacial score (nSPS) is 23.4. The van der Waals surface area contributed by atoms with Crippen molar-refractivity contribution in [3.63, 3.8) is 0 Å². The number of thiophene rings is 1. The van der Waals surface area contributed by atoms with Gasteiger partial charge in [-0.25, -0.2) is 0 Å². The highest BCUT2D eigenvalue weighted by Crippen LogP contribution is 2.43. The highest BCUT2D eigenvalue weighted by Gasteiger charge is 2.25. The Morgan fingerprint density at radius 2 is 2.53 bits per heavy atom. The van der Waals surface area contributed by atoms with E-state index in [-0.39, 0.29) is 0 Å². The van der Waals surface area contributed by atoms with Crippen molar-refractivity contribution >= 4 is 34.9 Å². The van der Waals surface area contributed by atoms with Gasteiger partial charge in [-0.3, -0.25) is 0 Å². The maximum Gasteiger partial charge on any atom is 0.0649 e. The number of fused-ring (bicyclic) bond motifs is 1. The molecule has 0 amide bonds. The van der Waals surface area contributed by atoms with E-state index >= 15 is 0 Å². The lowest BCUT2D eigenvalue weighted by atomic mass is 10.1. The monoisotopic (exact) mass is 285 g/mol. The molecule has 1 unspecified atom stereocenters. The third-order valence-electron chi connectivity index (χ3n) is 2.78. The Balaban J connectivity index is 1.83. The number of hydrogen-bond donors (Lipinski definition) is 1. The number of nitrogens with one attached hydrogen (secondary N) is 1. The highest BCUT2D eigenvalue weighted by molar-refractivity contribution is 8.01. The molecule has 0 saturated heterocycles. The standard InChI is InChI=1S/C13H19NS3/c1-3-6-15-8-5-14-12-9-10(2)17-13-11(12)4-7-16-13/h3-4,7,10,12,14H,1,5-6,8-9H2,2H3/t10-,12?/m0/s1. The van der Waals surface area contributed by atoms with Crippen molar-refractivity contribution in [3.05, 3.63) is 29.7 Å². The maximum atomic E-state index is 3.74. The maximum absolute atomic E-state index is 3.74. The number of thioether (sulfide) groups is 2. The minimum atomic E-state index is 0.567. The van der Waals surface area contributed by atoms with Gasteiger partial charge in [0.05, 0.1) is 4.21 Å². The zero-order chi connectivity index (χ0) is 12.1. The average Bonchev–Trinajstić information content (AvgIpc) is 2.76. The summed E-state index contributed by atoms with van der Waals surface area (Å²) in [5.74, 6) is 2.23. The molecule has 1 aliphatic heterocycles. The van der Waals surface area contributed by atoms with Crippen LogP contribution in [-0.2, 0) is 0 Å². The molecule has 0 radical (unpaired) electrons. The van der Waals surface area contributed by atoms with E-state index in [4.69, 9.17) is 0 Å². The van der Waals surface area contributed by atoms with Crippen molar-refractivity contribution in [1.82, 2.24) is 5.32 Å².